The fraction of sp³-hybridized carbons (Fsp3) is 0.400. The van der Waals surface area contributed by atoms with E-state index in [4.69, 9.17) is 4.74 Å². The van der Waals surface area contributed by atoms with Crippen molar-refractivity contribution in [1.29, 1.82) is 0 Å². The van der Waals surface area contributed by atoms with Gasteiger partial charge in [0.15, 0.2) is 0 Å². The summed E-state index contributed by atoms with van der Waals surface area (Å²) in [6, 6.07) is 4.44. The lowest BCUT2D eigenvalue weighted by Crippen LogP contribution is -2.43. The third-order valence-electron chi connectivity index (χ3n) is 5.07. The van der Waals surface area contributed by atoms with Crippen molar-refractivity contribution >= 4 is 27.6 Å². The molecule has 3 rings (SSSR count). The second kappa shape index (κ2) is 8.94. The maximum atomic E-state index is 13.2. The molecule has 0 aliphatic carbocycles. The number of para-hydroxylation sites is 1. The molecule has 2 heterocycles. The number of nitrogens with one attached hydrogen (secondary N) is 1. The maximum absolute atomic E-state index is 13.2. The quantitative estimate of drug-likeness (QED) is 0.651. The number of hydrogen-bond acceptors (Lipinski definition) is 5. The van der Waals surface area contributed by atoms with E-state index in [0.717, 1.165) is 22.5 Å². The van der Waals surface area contributed by atoms with Crippen LogP contribution in [0.2, 0.25) is 0 Å². The van der Waals surface area contributed by atoms with E-state index in [0.29, 0.717) is 6.42 Å². The molecule has 1 aliphatic heterocycles. The monoisotopic (exact) mass is 473 g/mol. The van der Waals surface area contributed by atoms with E-state index >= 15 is 0 Å². The van der Waals surface area contributed by atoms with Gasteiger partial charge >= 0.3 is 12.1 Å². The number of amides is 1. The fourth-order valence-corrected chi connectivity index (χ4v) is 5.29. The lowest BCUT2D eigenvalue weighted by atomic mass is 10.1. The van der Waals surface area contributed by atoms with Gasteiger partial charge in [-0.25, -0.2) is 13.2 Å². The smallest absolute Gasteiger partial charge is 0.418 e. The Morgan fingerprint density at radius 1 is 1.25 bits per heavy atom. The van der Waals surface area contributed by atoms with Crippen LogP contribution in [0.3, 0.4) is 0 Å². The molecule has 12 heteroatoms. The zero-order valence-corrected chi connectivity index (χ0v) is 18.2. The lowest BCUT2D eigenvalue weighted by molar-refractivity contribution is -0.137. The Morgan fingerprint density at radius 3 is 2.59 bits per heavy atom. The average Bonchev–Trinajstić information content (AvgIpc) is 3.35. The summed E-state index contributed by atoms with van der Waals surface area (Å²) >= 11 is 0. The minimum Gasteiger partial charge on any atom is -0.461 e. The maximum Gasteiger partial charge on any atom is 0.418 e. The first-order valence-electron chi connectivity index (χ1n) is 9.79. The molecule has 1 N–H and O–H groups in total. The van der Waals surface area contributed by atoms with Crippen molar-refractivity contribution in [3.63, 3.8) is 0 Å². The number of ether oxygens (including phenoxy) is 1. The highest BCUT2D eigenvalue weighted by Gasteiger charge is 2.41. The molecule has 0 radical (unpaired) electrons. The molecule has 1 saturated heterocycles. The van der Waals surface area contributed by atoms with E-state index in [1.807, 2.05) is 0 Å². The van der Waals surface area contributed by atoms with Crippen LogP contribution in [0.15, 0.2) is 41.4 Å². The molecule has 0 saturated carbocycles. The molecule has 0 spiro atoms. The zero-order valence-electron chi connectivity index (χ0n) is 17.3. The van der Waals surface area contributed by atoms with Crippen molar-refractivity contribution < 1.29 is 35.9 Å². The van der Waals surface area contributed by atoms with E-state index in [-0.39, 0.29) is 30.2 Å². The molecule has 1 aliphatic rings. The number of anilines is 1. The fourth-order valence-electron chi connectivity index (χ4n) is 3.56. The van der Waals surface area contributed by atoms with Crippen molar-refractivity contribution in [1.82, 2.24) is 8.87 Å². The van der Waals surface area contributed by atoms with Crippen LogP contribution in [0.25, 0.3) is 0 Å². The van der Waals surface area contributed by atoms with Gasteiger partial charge in [-0.05, 0) is 38.0 Å². The van der Waals surface area contributed by atoms with Crippen molar-refractivity contribution in [2.45, 2.75) is 36.9 Å². The highest BCUT2D eigenvalue weighted by molar-refractivity contribution is 7.89. The van der Waals surface area contributed by atoms with Gasteiger partial charge < -0.3 is 14.6 Å². The van der Waals surface area contributed by atoms with Gasteiger partial charge in [-0.2, -0.15) is 17.5 Å². The van der Waals surface area contributed by atoms with Crippen LogP contribution in [-0.2, 0) is 32.8 Å². The number of hydrogen-bond donors (Lipinski definition) is 1. The molecule has 2 aromatic rings. The summed E-state index contributed by atoms with van der Waals surface area (Å²) in [6.45, 7) is 1.74. The van der Waals surface area contributed by atoms with Gasteiger partial charge in [0.25, 0.3) is 0 Å². The van der Waals surface area contributed by atoms with E-state index in [9.17, 15) is 31.2 Å². The highest BCUT2D eigenvalue weighted by atomic mass is 32.2. The van der Waals surface area contributed by atoms with E-state index < -0.39 is 45.4 Å². The molecule has 1 fully saturated rings. The van der Waals surface area contributed by atoms with Crippen molar-refractivity contribution in [2.24, 2.45) is 7.05 Å². The van der Waals surface area contributed by atoms with Crippen molar-refractivity contribution in [3.8, 4) is 0 Å². The second-order valence-corrected chi connectivity index (χ2v) is 9.09. The van der Waals surface area contributed by atoms with Crippen LogP contribution >= 0.6 is 0 Å². The molecule has 1 aromatic heterocycles. The summed E-state index contributed by atoms with van der Waals surface area (Å²) < 4.78 is 73.2. The minimum absolute atomic E-state index is 0.0183. The molecule has 1 amide bonds. The van der Waals surface area contributed by atoms with Crippen LogP contribution in [0.1, 0.15) is 35.8 Å². The summed E-state index contributed by atoms with van der Waals surface area (Å²) in [4.78, 5) is 24.6. The normalized spacial score (nSPS) is 17.3. The molecule has 0 bridgehead atoms. The molecule has 174 valence electrons. The van der Waals surface area contributed by atoms with Crippen LogP contribution in [-0.4, -0.2) is 48.4 Å². The van der Waals surface area contributed by atoms with E-state index in [2.05, 4.69) is 5.32 Å². The Kier molecular flexibility index (Phi) is 6.65. The first kappa shape index (κ1) is 23.8. The molecule has 1 aromatic carbocycles. The molecular formula is C20H22F3N3O5S. The van der Waals surface area contributed by atoms with Gasteiger partial charge in [-0.1, -0.05) is 12.1 Å². The highest BCUT2D eigenvalue weighted by Crippen LogP contribution is 2.35. The van der Waals surface area contributed by atoms with Gasteiger partial charge in [0.1, 0.15) is 16.6 Å². The molecule has 8 nitrogen and oxygen atoms in total. The van der Waals surface area contributed by atoms with Gasteiger partial charge in [-0.3, -0.25) is 4.79 Å². The standard InChI is InChI=1S/C20H22F3N3O5S/c1-3-31-19(28)17-11-13(12-25(17)2)32(29,30)26-10-6-9-16(26)18(27)24-15-8-5-4-7-14(15)20(21,22)23/h4-5,7-8,11-12,16H,3,6,9-10H2,1-2H3,(H,24,27)/t16-/m1/s1. The lowest BCUT2D eigenvalue weighted by Gasteiger charge is -2.23. The topological polar surface area (TPSA) is 97.7 Å². The SMILES string of the molecule is CCOC(=O)c1cc(S(=O)(=O)N2CCC[C@@H]2C(=O)Nc2ccccc2C(F)(F)F)cn1C. The minimum atomic E-state index is -4.68. The molecule has 32 heavy (non-hydrogen) atoms. The van der Waals surface area contributed by atoms with Crippen LogP contribution in [0.4, 0.5) is 18.9 Å². The van der Waals surface area contributed by atoms with Gasteiger partial charge in [0.2, 0.25) is 15.9 Å². The predicted molar refractivity (Wildman–Crippen MR) is 108 cm³/mol. The summed E-state index contributed by atoms with van der Waals surface area (Å²) in [6.07, 6.45) is -2.95. The summed E-state index contributed by atoms with van der Waals surface area (Å²) in [5.41, 5.74) is -1.45. The average molecular weight is 473 g/mol. The number of carbonyl (C=O) groups excluding carboxylic acids is 2. The summed E-state index contributed by atoms with van der Waals surface area (Å²) in [5, 5.41) is 2.22. The zero-order chi connectivity index (χ0) is 23.7. The number of carbonyl (C=O) groups is 2. The Balaban J connectivity index is 1.86. The number of aromatic nitrogens is 1. The van der Waals surface area contributed by atoms with Gasteiger partial charge in [-0.15, -0.1) is 0 Å². The number of nitrogens with zero attached hydrogens (tertiary/aromatic N) is 2. The summed E-state index contributed by atoms with van der Waals surface area (Å²) in [7, 11) is -2.71. The predicted octanol–water partition coefficient (Wildman–Crippen LogP) is 3.01. The number of sulfonamides is 1. The first-order valence-corrected chi connectivity index (χ1v) is 11.2. The van der Waals surface area contributed by atoms with Crippen LogP contribution < -0.4 is 5.32 Å². The second-order valence-electron chi connectivity index (χ2n) is 7.20. The Bertz CT molecular complexity index is 1130. The molecule has 1 atom stereocenters. The Hall–Kier alpha value is -2.86. The number of rotatable bonds is 6. The van der Waals surface area contributed by atoms with E-state index in [1.54, 1.807) is 6.92 Å². The Labute approximate surface area is 183 Å². The third kappa shape index (κ3) is 4.65. The third-order valence-corrected chi connectivity index (χ3v) is 6.94. The number of aryl methyl sites for hydroxylation is 1. The van der Waals surface area contributed by atoms with Gasteiger partial charge in [0, 0.05) is 19.8 Å². The number of halogens is 3. The molecular weight excluding hydrogens is 451 g/mol. The van der Waals surface area contributed by atoms with Crippen molar-refractivity contribution in [2.75, 3.05) is 18.5 Å². The van der Waals surface area contributed by atoms with Crippen LogP contribution in [0, 0.1) is 0 Å². The van der Waals surface area contributed by atoms with Crippen LogP contribution in [0.5, 0.6) is 0 Å². The van der Waals surface area contributed by atoms with Crippen molar-refractivity contribution in [3.05, 3.63) is 47.8 Å². The number of benzene rings is 1. The van der Waals surface area contributed by atoms with E-state index in [1.165, 1.54) is 29.9 Å². The first-order chi connectivity index (χ1) is 15.0. The number of esters is 1. The largest absolute Gasteiger partial charge is 0.461 e. The van der Waals surface area contributed by atoms with Gasteiger partial charge in [0.05, 0.1) is 17.9 Å². The molecule has 0 unspecified atom stereocenters. The summed E-state index contributed by atoms with van der Waals surface area (Å²) in [5.74, 6) is -1.56. The Morgan fingerprint density at radius 2 is 1.94 bits per heavy atom. The number of alkyl halides is 3.